The number of carbonyl (C=O) groups is 1. The maximum Gasteiger partial charge on any atom is 0.233 e. The van der Waals surface area contributed by atoms with Gasteiger partial charge in [-0.3, -0.25) is 9.69 Å². The number of morpholine rings is 1. The summed E-state index contributed by atoms with van der Waals surface area (Å²) in [4.78, 5) is 14.4. The van der Waals surface area contributed by atoms with Crippen molar-refractivity contribution in [3.8, 4) is 17.1 Å². The lowest BCUT2D eigenvalue weighted by atomic mass is 10.1. The molecule has 0 spiro atoms. The Balaban J connectivity index is 1.39. The fraction of sp³-hybridized carbons (Fsp3) is 0.350. The van der Waals surface area contributed by atoms with E-state index in [0.29, 0.717) is 36.8 Å². The van der Waals surface area contributed by atoms with E-state index in [2.05, 4.69) is 20.5 Å². The van der Waals surface area contributed by atoms with Gasteiger partial charge in [-0.25, -0.2) is 9.07 Å². The summed E-state index contributed by atoms with van der Waals surface area (Å²) in [5, 5.41) is 16.2. The van der Waals surface area contributed by atoms with Crippen LogP contribution in [0.2, 0.25) is 0 Å². The van der Waals surface area contributed by atoms with Crippen molar-refractivity contribution in [3.05, 3.63) is 53.6 Å². The smallest absolute Gasteiger partial charge is 0.233 e. The van der Waals surface area contributed by atoms with Crippen LogP contribution in [-0.2, 0) is 18.4 Å². The van der Waals surface area contributed by atoms with Crippen LogP contribution in [0.1, 0.15) is 16.2 Å². The van der Waals surface area contributed by atoms with Gasteiger partial charge in [-0.1, -0.05) is 5.21 Å². The maximum atomic E-state index is 13.2. The molecule has 156 valence electrons. The molecule has 0 N–H and O–H groups in total. The molecule has 1 aliphatic heterocycles. The van der Waals surface area contributed by atoms with Gasteiger partial charge in [-0.05, 0) is 30.3 Å². The second kappa shape index (κ2) is 9.06. The van der Waals surface area contributed by atoms with Crippen molar-refractivity contribution in [2.24, 2.45) is 7.05 Å². The molecule has 0 saturated carbocycles. The molecule has 3 heterocycles. The van der Waals surface area contributed by atoms with Crippen molar-refractivity contribution in [1.29, 1.82) is 0 Å². The average Bonchev–Trinajstić information content (AvgIpc) is 3.14. The Morgan fingerprint density at radius 2 is 1.87 bits per heavy atom. The normalized spacial score (nSPS) is 14.6. The molecule has 1 aromatic carbocycles. The van der Waals surface area contributed by atoms with E-state index in [9.17, 15) is 9.18 Å². The minimum Gasteiger partial charge on any atom is -0.470 e. The zero-order chi connectivity index (χ0) is 20.9. The topological polar surface area (TPSA) is 95.3 Å². The van der Waals surface area contributed by atoms with Gasteiger partial charge in [0.05, 0.1) is 19.8 Å². The molecule has 0 amide bonds. The predicted molar refractivity (Wildman–Crippen MR) is 104 cm³/mol. The van der Waals surface area contributed by atoms with Crippen LogP contribution in [0.4, 0.5) is 4.39 Å². The summed E-state index contributed by atoms with van der Waals surface area (Å²) in [7, 11) is 1.75. The van der Waals surface area contributed by atoms with E-state index in [1.165, 1.54) is 12.1 Å². The van der Waals surface area contributed by atoms with E-state index < -0.39 is 0 Å². The van der Waals surface area contributed by atoms with Gasteiger partial charge in [0.25, 0.3) is 0 Å². The molecule has 3 aromatic rings. The van der Waals surface area contributed by atoms with Crippen LogP contribution in [0.5, 0.6) is 5.88 Å². The first-order chi connectivity index (χ1) is 14.6. The van der Waals surface area contributed by atoms with Gasteiger partial charge in [-0.2, -0.15) is 0 Å². The molecule has 0 radical (unpaired) electrons. The number of hydrogen-bond acceptors (Lipinski definition) is 8. The number of halogens is 1. The number of ether oxygens (including phenoxy) is 2. The SMILES string of the molecule is Cn1nnc(-c2ccc(F)cc2)c1COc1ccc(C(=O)CN2CCOCC2)nn1. The minimum absolute atomic E-state index is 0.0922. The van der Waals surface area contributed by atoms with Gasteiger partial charge in [0.15, 0.2) is 5.78 Å². The lowest BCUT2D eigenvalue weighted by Gasteiger charge is -2.25. The van der Waals surface area contributed by atoms with Crippen LogP contribution < -0.4 is 4.74 Å². The van der Waals surface area contributed by atoms with Crippen molar-refractivity contribution < 1.29 is 18.7 Å². The molecule has 1 saturated heterocycles. The van der Waals surface area contributed by atoms with Gasteiger partial charge in [-0.15, -0.1) is 15.3 Å². The zero-order valence-corrected chi connectivity index (χ0v) is 16.5. The summed E-state index contributed by atoms with van der Waals surface area (Å²) < 4.78 is 25.8. The highest BCUT2D eigenvalue weighted by Crippen LogP contribution is 2.22. The molecular weight excluding hydrogens is 391 g/mol. The van der Waals surface area contributed by atoms with E-state index in [1.54, 1.807) is 36.0 Å². The second-order valence-corrected chi connectivity index (χ2v) is 6.87. The standard InChI is InChI=1S/C20H21FN6O3/c1-26-17(20(24-25-26)14-2-4-15(21)5-3-14)13-30-19-7-6-16(22-23-19)18(28)12-27-8-10-29-11-9-27/h2-7H,8-13H2,1H3. The first kappa shape index (κ1) is 20.0. The summed E-state index contributed by atoms with van der Waals surface area (Å²) in [6, 6.07) is 9.23. The number of benzene rings is 1. The summed E-state index contributed by atoms with van der Waals surface area (Å²) in [5.74, 6) is -0.131. The van der Waals surface area contributed by atoms with Crippen LogP contribution in [0.15, 0.2) is 36.4 Å². The molecular formula is C20H21FN6O3. The summed E-state index contributed by atoms with van der Waals surface area (Å²) in [6.07, 6.45) is 0. The predicted octanol–water partition coefficient (Wildman–Crippen LogP) is 1.51. The first-order valence-electron chi connectivity index (χ1n) is 9.54. The second-order valence-electron chi connectivity index (χ2n) is 6.87. The van der Waals surface area contributed by atoms with E-state index in [-0.39, 0.29) is 24.1 Å². The molecule has 1 aliphatic rings. The number of nitrogens with zero attached hydrogens (tertiary/aromatic N) is 6. The van der Waals surface area contributed by atoms with Gasteiger partial charge in [0.1, 0.15) is 29.5 Å². The quantitative estimate of drug-likeness (QED) is 0.539. The lowest BCUT2D eigenvalue weighted by molar-refractivity contribution is 0.0370. The molecule has 9 nitrogen and oxygen atoms in total. The molecule has 30 heavy (non-hydrogen) atoms. The van der Waals surface area contributed by atoms with Crippen molar-refractivity contribution in [2.45, 2.75) is 6.61 Å². The van der Waals surface area contributed by atoms with E-state index in [1.807, 2.05) is 4.90 Å². The van der Waals surface area contributed by atoms with E-state index in [0.717, 1.165) is 18.7 Å². The maximum absolute atomic E-state index is 13.2. The third kappa shape index (κ3) is 4.66. The van der Waals surface area contributed by atoms with Crippen LogP contribution in [0.3, 0.4) is 0 Å². The fourth-order valence-corrected chi connectivity index (χ4v) is 3.10. The van der Waals surface area contributed by atoms with Crippen LogP contribution in [0, 0.1) is 5.82 Å². The highest BCUT2D eigenvalue weighted by molar-refractivity contribution is 5.95. The van der Waals surface area contributed by atoms with Gasteiger partial charge in [0, 0.05) is 31.8 Å². The summed E-state index contributed by atoms with van der Waals surface area (Å²) in [6.45, 7) is 3.17. The van der Waals surface area contributed by atoms with E-state index in [4.69, 9.17) is 9.47 Å². The molecule has 0 unspecified atom stereocenters. The lowest BCUT2D eigenvalue weighted by Crippen LogP contribution is -2.39. The van der Waals surface area contributed by atoms with E-state index >= 15 is 0 Å². The number of hydrogen-bond donors (Lipinski definition) is 0. The molecule has 0 aliphatic carbocycles. The van der Waals surface area contributed by atoms with Gasteiger partial charge in [0.2, 0.25) is 5.88 Å². The first-order valence-corrected chi connectivity index (χ1v) is 9.54. The minimum atomic E-state index is -0.320. The Kier molecular flexibility index (Phi) is 6.05. The molecule has 0 atom stereocenters. The van der Waals surface area contributed by atoms with Crippen LogP contribution >= 0.6 is 0 Å². The fourth-order valence-electron chi connectivity index (χ4n) is 3.10. The van der Waals surface area contributed by atoms with Crippen LogP contribution in [-0.4, -0.2) is 68.7 Å². The molecule has 1 fully saturated rings. The number of aromatic nitrogens is 5. The third-order valence-electron chi connectivity index (χ3n) is 4.81. The average molecular weight is 412 g/mol. The third-order valence-corrected chi connectivity index (χ3v) is 4.81. The molecule has 10 heteroatoms. The Labute approximate surface area is 172 Å². The van der Waals surface area contributed by atoms with Crippen LogP contribution in [0.25, 0.3) is 11.3 Å². The number of ketones is 1. The van der Waals surface area contributed by atoms with Crippen molar-refractivity contribution in [1.82, 2.24) is 30.1 Å². The monoisotopic (exact) mass is 412 g/mol. The Morgan fingerprint density at radius 3 is 2.57 bits per heavy atom. The highest BCUT2D eigenvalue weighted by Gasteiger charge is 2.17. The number of carbonyl (C=O) groups excluding carboxylic acids is 1. The largest absolute Gasteiger partial charge is 0.470 e. The zero-order valence-electron chi connectivity index (χ0n) is 16.5. The van der Waals surface area contributed by atoms with Crippen molar-refractivity contribution >= 4 is 5.78 Å². The Bertz CT molecular complexity index is 1000. The Hall–Kier alpha value is -3.24. The number of rotatable bonds is 7. The van der Waals surface area contributed by atoms with Gasteiger partial charge < -0.3 is 9.47 Å². The Morgan fingerprint density at radius 1 is 1.10 bits per heavy atom. The summed E-state index contributed by atoms with van der Waals surface area (Å²) >= 11 is 0. The van der Waals surface area contributed by atoms with Gasteiger partial charge >= 0.3 is 0 Å². The number of Topliss-reactive ketones (excluding diaryl/α,β-unsaturated/α-hetero) is 1. The molecule has 2 aromatic heterocycles. The molecule has 0 bridgehead atoms. The van der Waals surface area contributed by atoms with Crippen molar-refractivity contribution in [3.63, 3.8) is 0 Å². The summed E-state index contributed by atoms with van der Waals surface area (Å²) in [5.41, 5.74) is 2.33. The number of aryl methyl sites for hydroxylation is 1. The molecule has 4 rings (SSSR count). The van der Waals surface area contributed by atoms with Crippen molar-refractivity contribution in [2.75, 3.05) is 32.8 Å². The highest BCUT2D eigenvalue weighted by atomic mass is 19.1.